The number of benzene rings is 1. The first kappa shape index (κ1) is 13.8. The van der Waals surface area contributed by atoms with E-state index in [1.165, 1.54) is 29.5 Å². The minimum Gasteiger partial charge on any atom is -0.309 e. The van der Waals surface area contributed by atoms with E-state index in [0.29, 0.717) is 6.04 Å². The highest BCUT2D eigenvalue weighted by molar-refractivity contribution is 9.10. The van der Waals surface area contributed by atoms with E-state index in [9.17, 15) is 0 Å². The van der Waals surface area contributed by atoms with Gasteiger partial charge in [-0.05, 0) is 66.4 Å². The summed E-state index contributed by atoms with van der Waals surface area (Å²) in [7, 11) is 2.02. The molecule has 4 heteroatoms. The summed E-state index contributed by atoms with van der Waals surface area (Å²) in [5.41, 5.74) is 6.16. The number of aromatic nitrogens is 2. The van der Waals surface area contributed by atoms with E-state index in [4.69, 9.17) is 5.10 Å². The van der Waals surface area contributed by atoms with Crippen LogP contribution in [0.4, 0.5) is 0 Å². The average Bonchev–Trinajstić information content (AvgIpc) is 3.02. The van der Waals surface area contributed by atoms with Crippen molar-refractivity contribution in [1.82, 2.24) is 15.1 Å². The first-order valence-electron chi connectivity index (χ1n) is 7.11. The summed E-state index contributed by atoms with van der Waals surface area (Å²) in [6.45, 7) is 5.39. The lowest BCUT2D eigenvalue weighted by molar-refractivity contribution is 0.606. The Kier molecular flexibility index (Phi) is 3.69. The molecule has 1 atom stereocenters. The molecule has 106 valence electrons. The molecule has 1 fully saturated rings. The highest BCUT2D eigenvalue weighted by Crippen LogP contribution is 2.36. The van der Waals surface area contributed by atoms with Gasteiger partial charge in [-0.2, -0.15) is 5.10 Å². The lowest BCUT2D eigenvalue weighted by Crippen LogP contribution is -2.14. The monoisotopic (exact) mass is 333 g/mol. The minimum absolute atomic E-state index is 0.385. The Morgan fingerprint density at radius 1 is 1.30 bits per heavy atom. The Hall–Kier alpha value is -1.13. The fourth-order valence-corrected chi connectivity index (χ4v) is 3.70. The van der Waals surface area contributed by atoms with Gasteiger partial charge in [0.05, 0.1) is 21.9 Å². The third kappa shape index (κ3) is 2.31. The van der Waals surface area contributed by atoms with Gasteiger partial charge in [0.15, 0.2) is 0 Å². The largest absolute Gasteiger partial charge is 0.309 e. The number of hydrogen-bond acceptors (Lipinski definition) is 2. The van der Waals surface area contributed by atoms with Crippen molar-refractivity contribution in [2.24, 2.45) is 7.05 Å². The molecule has 1 aromatic carbocycles. The maximum absolute atomic E-state index is 4.73. The van der Waals surface area contributed by atoms with Crippen molar-refractivity contribution in [3.63, 3.8) is 0 Å². The van der Waals surface area contributed by atoms with Gasteiger partial charge in [-0.15, -0.1) is 0 Å². The SMILES string of the molecule is Cc1ccc(-c2c(Br)c(C3CCCN3)nn2C)cc1C. The number of hydrogen-bond donors (Lipinski definition) is 1. The summed E-state index contributed by atoms with van der Waals surface area (Å²) in [6, 6.07) is 6.98. The van der Waals surface area contributed by atoms with Gasteiger partial charge in [-0.1, -0.05) is 12.1 Å². The van der Waals surface area contributed by atoms with E-state index >= 15 is 0 Å². The van der Waals surface area contributed by atoms with Crippen molar-refractivity contribution in [1.29, 1.82) is 0 Å². The van der Waals surface area contributed by atoms with Crippen molar-refractivity contribution < 1.29 is 0 Å². The van der Waals surface area contributed by atoms with Crippen molar-refractivity contribution in [3.05, 3.63) is 39.5 Å². The van der Waals surface area contributed by atoms with Crippen molar-refractivity contribution in [3.8, 4) is 11.3 Å². The summed E-state index contributed by atoms with van der Waals surface area (Å²) < 4.78 is 3.12. The predicted molar refractivity (Wildman–Crippen MR) is 85.8 cm³/mol. The predicted octanol–water partition coefficient (Wildman–Crippen LogP) is 3.89. The zero-order valence-corrected chi connectivity index (χ0v) is 13.8. The molecule has 1 aliphatic heterocycles. The summed E-state index contributed by atoms with van der Waals surface area (Å²) in [5.74, 6) is 0. The molecule has 0 spiro atoms. The first-order valence-corrected chi connectivity index (χ1v) is 7.90. The molecule has 3 rings (SSSR count). The van der Waals surface area contributed by atoms with E-state index < -0.39 is 0 Å². The molecule has 0 amide bonds. The first-order chi connectivity index (χ1) is 9.58. The number of halogens is 1. The molecule has 2 heterocycles. The fraction of sp³-hybridized carbons (Fsp3) is 0.438. The average molecular weight is 334 g/mol. The van der Waals surface area contributed by atoms with E-state index in [2.05, 4.69) is 53.3 Å². The molecular weight excluding hydrogens is 314 g/mol. The Labute approximate surface area is 128 Å². The van der Waals surface area contributed by atoms with Gasteiger partial charge in [0.25, 0.3) is 0 Å². The van der Waals surface area contributed by atoms with Crippen LogP contribution in [0.5, 0.6) is 0 Å². The lowest BCUT2D eigenvalue weighted by Gasteiger charge is -2.08. The molecule has 1 aromatic heterocycles. The number of nitrogens with zero attached hydrogens (tertiary/aromatic N) is 2. The maximum atomic E-state index is 4.73. The lowest BCUT2D eigenvalue weighted by atomic mass is 10.0. The summed E-state index contributed by atoms with van der Waals surface area (Å²) in [6.07, 6.45) is 2.40. The Morgan fingerprint density at radius 3 is 2.75 bits per heavy atom. The molecule has 1 saturated heterocycles. The highest BCUT2D eigenvalue weighted by Gasteiger charge is 2.25. The smallest absolute Gasteiger partial charge is 0.0942 e. The minimum atomic E-state index is 0.385. The molecule has 3 nitrogen and oxygen atoms in total. The van der Waals surface area contributed by atoms with Crippen molar-refractivity contribution in [2.75, 3.05) is 6.54 Å². The van der Waals surface area contributed by atoms with E-state index in [0.717, 1.165) is 22.4 Å². The zero-order valence-electron chi connectivity index (χ0n) is 12.2. The van der Waals surface area contributed by atoms with Crippen LogP contribution in [0, 0.1) is 13.8 Å². The van der Waals surface area contributed by atoms with Crippen LogP contribution in [0.3, 0.4) is 0 Å². The topological polar surface area (TPSA) is 29.9 Å². The van der Waals surface area contributed by atoms with Crippen LogP contribution in [0.25, 0.3) is 11.3 Å². The molecule has 0 bridgehead atoms. The van der Waals surface area contributed by atoms with Gasteiger partial charge in [0.2, 0.25) is 0 Å². The van der Waals surface area contributed by atoms with Crippen LogP contribution in [-0.2, 0) is 7.05 Å². The van der Waals surface area contributed by atoms with Crippen LogP contribution in [0.1, 0.15) is 35.7 Å². The Bertz CT molecular complexity index is 639. The molecule has 0 radical (unpaired) electrons. The second-order valence-electron chi connectivity index (χ2n) is 5.62. The number of rotatable bonds is 2. The van der Waals surface area contributed by atoms with Crippen molar-refractivity contribution in [2.45, 2.75) is 32.7 Å². The molecule has 0 aliphatic carbocycles. The third-order valence-corrected chi connectivity index (χ3v) is 4.97. The molecule has 20 heavy (non-hydrogen) atoms. The summed E-state index contributed by atoms with van der Waals surface area (Å²) in [5, 5.41) is 8.25. The van der Waals surface area contributed by atoms with E-state index in [1.54, 1.807) is 0 Å². The van der Waals surface area contributed by atoms with Gasteiger partial charge in [0.1, 0.15) is 0 Å². The fourth-order valence-electron chi connectivity index (χ4n) is 2.86. The second-order valence-corrected chi connectivity index (χ2v) is 6.41. The highest BCUT2D eigenvalue weighted by atomic mass is 79.9. The van der Waals surface area contributed by atoms with E-state index in [1.807, 2.05) is 11.7 Å². The molecule has 1 N–H and O–H groups in total. The van der Waals surface area contributed by atoms with Gasteiger partial charge in [0, 0.05) is 12.6 Å². The zero-order chi connectivity index (χ0) is 14.3. The van der Waals surface area contributed by atoms with Gasteiger partial charge >= 0.3 is 0 Å². The third-order valence-electron chi connectivity index (χ3n) is 4.18. The maximum Gasteiger partial charge on any atom is 0.0942 e. The standard InChI is InChI=1S/C16H20BrN3/c1-10-6-7-12(9-11(10)2)16-14(17)15(19-20(16)3)13-5-4-8-18-13/h6-7,9,13,18H,4-5,8H2,1-3H3. The molecule has 1 aliphatic rings. The van der Waals surface area contributed by atoms with Crippen LogP contribution in [0.2, 0.25) is 0 Å². The molecule has 2 aromatic rings. The summed E-state index contributed by atoms with van der Waals surface area (Å²) in [4.78, 5) is 0. The molecular formula is C16H20BrN3. The van der Waals surface area contributed by atoms with Crippen LogP contribution in [-0.4, -0.2) is 16.3 Å². The Morgan fingerprint density at radius 2 is 2.10 bits per heavy atom. The van der Waals surface area contributed by atoms with Crippen molar-refractivity contribution >= 4 is 15.9 Å². The van der Waals surface area contributed by atoms with E-state index in [-0.39, 0.29) is 0 Å². The number of aryl methyl sites for hydroxylation is 3. The Balaban J connectivity index is 2.07. The van der Waals surface area contributed by atoms with Crippen LogP contribution >= 0.6 is 15.9 Å². The normalized spacial score (nSPS) is 18.7. The van der Waals surface area contributed by atoms with Crippen LogP contribution < -0.4 is 5.32 Å². The van der Waals surface area contributed by atoms with Crippen LogP contribution in [0.15, 0.2) is 22.7 Å². The quantitative estimate of drug-likeness (QED) is 0.903. The summed E-state index contributed by atoms with van der Waals surface area (Å²) >= 11 is 3.77. The molecule has 0 saturated carbocycles. The van der Waals surface area contributed by atoms with Gasteiger partial charge in [-0.25, -0.2) is 0 Å². The van der Waals surface area contributed by atoms with Gasteiger partial charge < -0.3 is 5.32 Å². The number of nitrogens with one attached hydrogen (secondary N) is 1. The van der Waals surface area contributed by atoms with Gasteiger partial charge in [-0.3, -0.25) is 4.68 Å². The molecule has 1 unspecified atom stereocenters. The second kappa shape index (κ2) is 5.34.